The van der Waals surface area contributed by atoms with E-state index in [1.165, 1.54) is 0 Å². The standard InChI is InChI=1S/C19H25N3O2/c1-12(2)11-24-15-7-5-6-14(8-15)16-9-18(23)21-19-17(16)10-20-22(19)13(3)4/h5-8,10,12-13,16H,9,11H2,1-4H3,(H,21,23)/t16-/m1/s1. The maximum atomic E-state index is 12.2. The minimum absolute atomic E-state index is 0.0175. The van der Waals surface area contributed by atoms with E-state index in [1.54, 1.807) is 0 Å². The Morgan fingerprint density at radius 2 is 2.12 bits per heavy atom. The molecule has 128 valence electrons. The first-order valence-corrected chi connectivity index (χ1v) is 8.55. The Kier molecular flexibility index (Phi) is 4.60. The van der Waals surface area contributed by atoms with Crippen molar-refractivity contribution >= 4 is 11.7 Å². The number of fused-ring (bicyclic) bond motifs is 1. The minimum atomic E-state index is 0.0175. The van der Waals surface area contributed by atoms with Crippen LogP contribution in [0.1, 0.15) is 57.2 Å². The van der Waals surface area contributed by atoms with Crippen LogP contribution < -0.4 is 10.1 Å². The summed E-state index contributed by atoms with van der Waals surface area (Å²) in [5.74, 6) is 2.20. The maximum absolute atomic E-state index is 12.2. The van der Waals surface area contributed by atoms with Crippen molar-refractivity contribution in [3.63, 3.8) is 0 Å². The number of anilines is 1. The zero-order chi connectivity index (χ0) is 17.3. The quantitative estimate of drug-likeness (QED) is 0.904. The molecular weight excluding hydrogens is 302 g/mol. The van der Waals surface area contributed by atoms with Crippen LogP contribution in [0, 0.1) is 5.92 Å². The van der Waals surface area contributed by atoms with Crippen molar-refractivity contribution < 1.29 is 9.53 Å². The lowest BCUT2D eigenvalue weighted by Gasteiger charge is -2.25. The Hall–Kier alpha value is -2.30. The van der Waals surface area contributed by atoms with Crippen LogP contribution in [0.3, 0.4) is 0 Å². The molecule has 5 heteroatoms. The summed E-state index contributed by atoms with van der Waals surface area (Å²) in [7, 11) is 0. The van der Waals surface area contributed by atoms with Gasteiger partial charge >= 0.3 is 0 Å². The molecular formula is C19H25N3O2. The normalized spacial score (nSPS) is 17.1. The third-order valence-corrected chi connectivity index (χ3v) is 4.18. The van der Waals surface area contributed by atoms with Gasteiger partial charge in [-0.25, -0.2) is 4.68 Å². The summed E-state index contributed by atoms with van der Waals surface area (Å²) >= 11 is 0. The topological polar surface area (TPSA) is 56.1 Å². The number of hydrogen-bond donors (Lipinski definition) is 1. The van der Waals surface area contributed by atoms with Crippen molar-refractivity contribution in [2.24, 2.45) is 5.92 Å². The van der Waals surface area contributed by atoms with Crippen molar-refractivity contribution in [1.29, 1.82) is 0 Å². The van der Waals surface area contributed by atoms with Gasteiger partial charge in [-0.3, -0.25) is 4.79 Å². The summed E-state index contributed by atoms with van der Waals surface area (Å²) < 4.78 is 7.71. The average Bonchev–Trinajstić information content (AvgIpc) is 2.96. The molecule has 24 heavy (non-hydrogen) atoms. The molecule has 0 unspecified atom stereocenters. The van der Waals surface area contributed by atoms with Crippen molar-refractivity contribution in [2.75, 3.05) is 11.9 Å². The molecule has 1 aliphatic rings. The number of rotatable bonds is 5. The molecule has 1 aromatic heterocycles. The fourth-order valence-electron chi connectivity index (χ4n) is 3.01. The van der Waals surface area contributed by atoms with Gasteiger partial charge in [0.2, 0.25) is 5.91 Å². The molecule has 0 spiro atoms. The Morgan fingerprint density at radius 1 is 1.33 bits per heavy atom. The molecule has 1 aliphatic heterocycles. The Labute approximate surface area is 143 Å². The second-order valence-electron chi connectivity index (χ2n) is 7.07. The summed E-state index contributed by atoms with van der Waals surface area (Å²) in [5.41, 5.74) is 2.17. The van der Waals surface area contributed by atoms with Gasteiger partial charge in [-0.05, 0) is 37.5 Å². The number of aromatic nitrogens is 2. The first kappa shape index (κ1) is 16.6. The van der Waals surface area contributed by atoms with Crippen LogP contribution in [-0.2, 0) is 4.79 Å². The molecule has 3 rings (SSSR count). The molecule has 1 N–H and O–H groups in total. The van der Waals surface area contributed by atoms with E-state index >= 15 is 0 Å². The fraction of sp³-hybridized carbons (Fsp3) is 0.474. The predicted molar refractivity (Wildman–Crippen MR) is 94.5 cm³/mol. The van der Waals surface area contributed by atoms with Gasteiger partial charge in [-0.2, -0.15) is 5.10 Å². The van der Waals surface area contributed by atoms with Crippen molar-refractivity contribution in [3.05, 3.63) is 41.6 Å². The summed E-state index contributed by atoms with van der Waals surface area (Å²) in [6, 6.07) is 8.26. The van der Waals surface area contributed by atoms with Gasteiger partial charge in [0.15, 0.2) is 0 Å². The highest BCUT2D eigenvalue weighted by atomic mass is 16.5. The molecule has 1 aromatic carbocycles. The second kappa shape index (κ2) is 6.67. The molecule has 0 fully saturated rings. The molecule has 0 aliphatic carbocycles. The third kappa shape index (κ3) is 3.30. The first-order chi connectivity index (χ1) is 11.5. The molecule has 0 bridgehead atoms. The van der Waals surface area contributed by atoms with Gasteiger partial charge in [0, 0.05) is 23.9 Å². The Morgan fingerprint density at radius 3 is 2.83 bits per heavy atom. The second-order valence-corrected chi connectivity index (χ2v) is 7.07. The third-order valence-electron chi connectivity index (χ3n) is 4.18. The number of benzene rings is 1. The van der Waals surface area contributed by atoms with E-state index in [2.05, 4.69) is 44.2 Å². The highest BCUT2D eigenvalue weighted by Gasteiger charge is 2.30. The minimum Gasteiger partial charge on any atom is -0.493 e. The van der Waals surface area contributed by atoms with Gasteiger partial charge < -0.3 is 10.1 Å². The van der Waals surface area contributed by atoms with Gasteiger partial charge in [0.25, 0.3) is 0 Å². The van der Waals surface area contributed by atoms with E-state index in [4.69, 9.17) is 4.74 Å². The Balaban J connectivity index is 1.93. The number of nitrogens with one attached hydrogen (secondary N) is 1. The zero-order valence-corrected chi connectivity index (χ0v) is 14.7. The maximum Gasteiger partial charge on any atom is 0.226 e. The van der Waals surface area contributed by atoms with Crippen LogP contribution in [0.2, 0.25) is 0 Å². The molecule has 1 atom stereocenters. The van der Waals surface area contributed by atoms with E-state index in [0.717, 1.165) is 22.7 Å². The molecule has 2 aromatic rings. The number of carbonyl (C=O) groups excluding carboxylic acids is 1. The SMILES string of the molecule is CC(C)COc1cccc([C@H]2CC(=O)Nc3c2cnn3C(C)C)c1. The van der Waals surface area contributed by atoms with Crippen LogP contribution in [-0.4, -0.2) is 22.3 Å². The number of hydrogen-bond acceptors (Lipinski definition) is 3. The summed E-state index contributed by atoms with van der Waals surface area (Å²) in [6.45, 7) is 9.06. The molecule has 0 saturated heterocycles. The van der Waals surface area contributed by atoms with Crippen LogP contribution in [0.5, 0.6) is 5.75 Å². The number of amides is 1. The van der Waals surface area contributed by atoms with Crippen LogP contribution in [0.25, 0.3) is 0 Å². The Bertz CT molecular complexity index is 734. The number of nitrogens with zero attached hydrogens (tertiary/aromatic N) is 2. The number of ether oxygens (including phenoxy) is 1. The van der Waals surface area contributed by atoms with Gasteiger partial charge in [0.1, 0.15) is 11.6 Å². The first-order valence-electron chi connectivity index (χ1n) is 8.55. The molecule has 0 saturated carbocycles. The largest absolute Gasteiger partial charge is 0.493 e. The van der Waals surface area contributed by atoms with Gasteiger partial charge in [0.05, 0.1) is 12.8 Å². The lowest BCUT2D eigenvalue weighted by Crippen LogP contribution is -2.25. The van der Waals surface area contributed by atoms with Gasteiger partial charge in [-0.15, -0.1) is 0 Å². The van der Waals surface area contributed by atoms with Crippen LogP contribution >= 0.6 is 0 Å². The van der Waals surface area contributed by atoms with E-state index < -0.39 is 0 Å². The zero-order valence-electron chi connectivity index (χ0n) is 14.7. The molecule has 2 heterocycles. The summed E-state index contributed by atoms with van der Waals surface area (Å²) in [4.78, 5) is 12.2. The monoisotopic (exact) mass is 327 g/mol. The molecule has 5 nitrogen and oxygen atoms in total. The summed E-state index contributed by atoms with van der Waals surface area (Å²) in [5, 5.41) is 7.43. The predicted octanol–water partition coefficient (Wildman–Crippen LogP) is 3.97. The van der Waals surface area contributed by atoms with E-state index in [0.29, 0.717) is 18.9 Å². The number of carbonyl (C=O) groups is 1. The van der Waals surface area contributed by atoms with Gasteiger partial charge in [-0.1, -0.05) is 26.0 Å². The average molecular weight is 327 g/mol. The van der Waals surface area contributed by atoms with Crippen LogP contribution in [0.4, 0.5) is 5.82 Å². The van der Waals surface area contributed by atoms with E-state index in [9.17, 15) is 4.79 Å². The lowest BCUT2D eigenvalue weighted by molar-refractivity contribution is -0.116. The smallest absolute Gasteiger partial charge is 0.226 e. The van der Waals surface area contributed by atoms with Crippen LogP contribution in [0.15, 0.2) is 30.5 Å². The lowest BCUT2D eigenvalue weighted by atomic mass is 9.87. The van der Waals surface area contributed by atoms with Crippen molar-refractivity contribution in [1.82, 2.24) is 9.78 Å². The fourth-order valence-corrected chi connectivity index (χ4v) is 3.01. The molecule has 0 radical (unpaired) electrons. The summed E-state index contributed by atoms with van der Waals surface area (Å²) in [6.07, 6.45) is 2.31. The molecule has 1 amide bonds. The van der Waals surface area contributed by atoms with E-state index in [1.807, 2.05) is 29.1 Å². The highest BCUT2D eigenvalue weighted by Crippen LogP contribution is 2.38. The van der Waals surface area contributed by atoms with Crippen molar-refractivity contribution in [2.45, 2.75) is 46.1 Å². The highest BCUT2D eigenvalue weighted by molar-refractivity contribution is 5.94. The van der Waals surface area contributed by atoms with E-state index in [-0.39, 0.29) is 17.9 Å². The van der Waals surface area contributed by atoms with Crippen molar-refractivity contribution in [3.8, 4) is 5.75 Å².